The van der Waals surface area contributed by atoms with Gasteiger partial charge in [-0.05, 0) is 37.6 Å². The summed E-state index contributed by atoms with van der Waals surface area (Å²) in [5, 5.41) is 25.4. The molecule has 0 unspecified atom stereocenters. The highest BCUT2D eigenvalue weighted by molar-refractivity contribution is 9.10. The van der Waals surface area contributed by atoms with Crippen molar-refractivity contribution in [1.29, 1.82) is 0 Å². The third kappa shape index (κ3) is 5.83. The minimum atomic E-state index is -1.34. The molecule has 0 aliphatic heterocycles. The number of ether oxygens (including phenoxy) is 2. The van der Waals surface area contributed by atoms with Crippen molar-refractivity contribution < 1.29 is 24.3 Å². The summed E-state index contributed by atoms with van der Waals surface area (Å²) in [6.45, 7) is 3.26. The van der Waals surface area contributed by atoms with Gasteiger partial charge in [0.1, 0.15) is 5.82 Å². The fraction of sp³-hybridized carbons (Fsp3) is 0.304. The molecule has 0 aliphatic carbocycles. The third-order valence-electron chi connectivity index (χ3n) is 5.07. The number of aliphatic carboxylic acids is 1. The highest BCUT2D eigenvalue weighted by atomic mass is 79.9. The summed E-state index contributed by atoms with van der Waals surface area (Å²) in [5.41, 5.74) is -0.0953. The standard InChI is InChI=1S/C23H23BrN4O7/c1-4-5-6-20-26-17-8-7-15(24)11-16(17)22(29)27(20)25-12-14-9-18(28(32)33)21(19(10-14)34-3)35-13(2)23(30)31/h7-13H,4-6H2,1-3H3,(H,30,31)/t13-/m1/s1. The van der Waals surface area contributed by atoms with Gasteiger partial charge in [0.25, 0.3) is 5.56 Å². The van der Waals surface area contributed by atoms with Gasteiger partial charge in [-0.15, -0.1) is 0 Å². The van der Waals surface area contributed by atoms with Crippen molar-refractivity contribution in [2.75, 3.05) is 7.11 Å². The summed E-state index contributed by atoms with van der Waals surface area (Å²) in [7, 11) is 1.27. The second-order valence-corrected chi connectivity index (χ2v) is 8.50. The lowest BCUT2D eigenvalue weighted by molar-refractivity contribution is -0.386. The molecule has 1 N–H and O–H groups in total. The van der Waals surface area contributed by atoms with Crippen molar-refractivity contribution in [3.63, 3.8) is 0 Å². The first-order chi connectivity index (χ1) is 16.7. The zero-order valence-corrected chi connectivity index (χ0v) is 20.8. The number of fused-ring (bicyclic) bond motifs is 1. The maximum atomic E-state index is 13.2. The lowest BCUT2D eigenvalue weighted by Gasteiger charge is -2.14. The number of aromatic nitrogens is 2. The number of nitrogens with zero attached hydrogens (tertiary/aromatic N) is 4. The second-order valence-electron chi connectivity index (χ2n) is 7.58. The van der Waals surface area contributed by atoms with Crippen LogP contribution in [0, 0.1) is 10.1 Å². The number of benzene rings is 2. The van der Waals surface area contributed by atoms with Gasteiger partial charge in [0, 0.05) is 22.5 Å². The molecule has 3 rings (SSSR count). The molecule has 0 radical (unpaired) electrons. The number of aryl methyl sites for hydroxylation is 1. The first kappa shape index (κ1) is 25.8. The summed E-state index contributed by atoms with van der Waals surface area (Å²) in [5.74, 6) is -1.20. The van der Waals surface area contributed by atoms with Crippen LogP contribution in [0.2, 0.25) is 0 Å². The number of carboxylic acid groups (broad SMARTS) is 1. The van der Waals surface area contributed by atoms with Crippen molar-refractivity contribution in [2.45, 2.75) is 39.2 Å². The van der Waals surface area contributed by atoms with Crippen LogP contribution in [0.3, 0.4) is 0 Å². The Morgan fingerprint density at radius 1 is 1.37 bits per heavy atom. The summed E-state index contributed by atoms with van der Waals surface area (Å²) >= 11 is 3.36. The third-order valence-corrected chi connectivity index (χ3v) is 5.56. The number of carboxylic acids is 1. The predicted octanol–water partition coefficient (Wildman–Crippen LogP) is 4.15. The zero-order valence-electron chi connectivity index (χ0n) is 19.2. The van der Waals surface area contributed by atoms with E-state index in [0.717, 1.165) is 18.9 Å². The van der Waals surface area contributed by atoms with E-state index < -0.39 is 22.7 Å². The molecular formula is C23H23BrN4O7. The number of hydrogen-bond donors (Lipinski definition) is 1. The summed E-state index contributed by atoms with van der Waals surface area (Å²) in [4.78, 5) is 39.9. The first-order valence-corrected chi connectivity index (χ1v) is 11.5. The van der Waals surface area contributed by atoms with Gasteiger partial charge in [0.05, 0.1) is 29.2 Å². The molecule has 0 spiro atoms. The molecule has 2 aromatic carbocycles. The molecule has 0 fully saturated rings. The van der Waals surface area contributed by atoms with Crippen LogP contribution in [0.25, 0.3) is 10.9 Å². The molecule has 0 bridgehead atoms. The van der Waals surface area contributed by atoms with Crippen molar-refractivity contribution in [3.05, 3.63) is 66.7 Å². The van der Waals surface area contributed by atoms with Gasteiger partial charge in [0.15, 0.2) is 11.9 Å². The zero-order chi connectivity index (χ0) is 25.7. The summed E-state index contributed by atoms with van der Waals surface area (Å²) < 4.78 is 12.4. The minimum Gasteiger partial charge on any atom is -0.493 e. The number of unbranched alkanes of at least 4 members (excludes halogenated alkanes) is 1. The van der Waals surface area contributed by atoms with Crippen molar-refractivity contribution in [3.8, 4) is 11.5 Å². The van der Waals surface area contributed by atoms with Crippen LogP contribution in [-0.2, 0) is 11.2 Å². The lowest BCUT2D eigenvalue weighted by Crippen LogP contribution is -2.23. The average Bonchev–Trinajstić information content (AvgIpc) is 2.82. The van der Waals surface area contributed by atoms with E-state index in [1.807, 2.05) is 6.92 Å². The Kier molecular flexibility index (Phi) is 8.18. The minimum absolute atomic E-state index is 0.0483. The Labute approximate surface area is 208 Å². The number of halogens is 1. The molecular weight excluding hydrogens is 524 g/mol. The first-order valence-electron chi connectivity index (χ1n) is 10.7. The van der Waals surface area contributed by atoms with Gasteiger partial charge in [-0.25, -0.2) is 9.78 Å². The number of nitro benzene ring substituents is 1. The Hall–Kier alpha value is -3.80. The van der Waals surface area contributed by atoms with Crippen LogP contribution in [-0.4, -0.2) is 45.1 Å². The Bertz CT molecular complexity index is 1370. The second kappa shape index (κ2) is 11.1. The van der Waals surface area contributed by atoms with Gasteiger partial charge >= 0.3 is 11.7 Å². The van der Waals surface area contributed by atoms with Crippen molar-refractivity contribution in [2.24, 2.45) is 5.10 Å². The maximum Gasteiger partial charge on any atom is 0.344 e. The van der Waals surface area contributed by atoms with E-state index in [2.05, 4.69) is 26.0 Å². The normalized spacial score (nSPS) is 12.1. The smallest absolute Gasteiger partial charge is 0.344 e. The molecule has 1 atom stereocenters. The fourth-order valence-electron chi connectivity index (χ4n) is 3.25. The van der Waals surface area contributed by atoms with Gasteiger partial charge in [-0.1, -0.05) is 29.3 Å². The van der Waals surface area contributed by atoms with E-state index in [9.17, 15) is 19.7 Å². The molecule has 0 aliphatic rings. The lowest BCUT2D eigenvalue weighted by atomic mass is 10.1. The number of rotatable bonds is 10. The molecule has 11 nitrogen and oxygen atoms in total. The highest BCUT2D eigenvalue weighted by Crippen LogP contribution is 2.38. The Balaban J connectivity index is 2.13. The van der Waals surface area contributed by atoms with E-state index in [-0.39, 0.29) is 22.6 Å². The molecule has 0 saturated heterocycles. The van der Waals surface area contributed by atoms with Gasteiger partial charge in [0.2, 0.25) is 5.75 Å². The summed E-state index contributed by atoms with van der Waals surface area (Å²) in [6, 6.07) is 7.77. The van der Waals surface area contributed by atoms with E-state index in [0.29, 0.717) is 27.6 Å². The van der Waals surface area contributed by atoms with Crippen molar-refractivity contribution in [1.82, 2.24) is 9.66 Å². The van der Waals surface area contributed by atoms with E-state index >= 15 is 0 Å². The van der Waals surface area contributed by atoms with E-state index in [1.165, 1.54) is 31.0 Å². The number of methoxy groups -OCH3 is 1. The molecule has 1 aromatic heterocycles. The van der Waals surface area contributed by atoms with Crippen LogP contribution >= 0.6 is 15.9 Å². The predicted molar refractivity (Wildman–Crippen MR) is 133 cm³/mol. The van der Waals surface area contributed by atoms with Crippen molar-refractivity contribution >= 4 is 44.7 Å². The van der Waals surface area contributed by atoms with E-state index in [1.54, 1.807) is 18.2 Å². The van der Waals surface area contributed by atoms with Gasteiger partial charge in [-0.2, -0.15) is 9.78 Å². The molecule has 35 heavy (non-hydrogen) atoms. The average molecular weight is 547 g/mol. The number of hydrogen-bond acceptors (Lipinski definition) is 8. The molecule has 12 heteroatoms. The van der Waals surface area contributed by atoms with Crippen LogP contribution in [0.4, 0.5) is 5.69 Å². The van der Waals surface area contributed by atoms with Crippen LogP contribution < -0.4 is 15.0 Å². The molecule has 3 aromatic rings. The maximum absolute atomic E-state index is 13.2. The quantitative estimate of drug-likeness (QED) is 0.226. The fourth-order valence-corrected chi connectivity index (χ4v) is 3.61. The Morgan fingerprint density at radius 3 is 2.74 bits per heavy atom. The molecule has 1 heterocycles. The summed E-state index contributed by atoms with van der Waals surface area (Å²) in [6.07, 6.45) is 2.12. The SMILES string of the molecule is CCCCc1nc2ccc(Br)cc2c(=O)n1N=Cc1cc(OC)c(O[C@H](C)C(=O)O)c([N+](=O)[O-])c1. The number of nitro groups is 1. The largest absolute Gasteiger partial charge is 0.493 e. The van der Waals surface area contributed by atoms with Crippen LogP contribution in [0.15, 0.2) is 44.7 Å². The monoisotopic (exact) mass is 546 g/mol. The van der Waals surface area contributed by atoms with Crippen LogP contribution in [0.1, 0.15) is 38.1 Å². The van der Waals surface area contributed by atoms with E-state index in [4.69, 9.17) is 14.6 Å². The van der Waals surface area contributed by atoms with Gasteiger partial charge < -0.3 is 14.6 Å². The number of carbonyl (C=O) groups is 1. The topological polar surface area (TPSA) is 146 Å². The molecule has 184 valence electrons. The Morgan fingerprint density at radius 2 is 2.11 bits per heavy atom. The highest BCUT2D eigenvalue weighted by Gasteiger charge is 2.26. The molecule has 0 saturated carbocycles. The molecule has 0 amide bonds. The van der Waals surface area contributed by atoms with Gasteiger partial charge in [-0.3, -0.25) is 14.9 Å². The van der Waals surface area contributed by atoms with Crippen LogP contribution in [0.5, 0.6) is 11.5 Å².